The van der Waals surface area contributed by atoms with Crippen molar-refractivity contribution < 1.29 is 23.4 Å². The zero-order chi connectivity index (χ0) is 19.1. The lowest BCUT2D eigenvalue weighted by atomic mass is 10.1. The van der Waals surface area contributed by atoms with Gasteiger partial charge < -0.3 is 4.52 Å². The maximum absolute atomic E-state index is 13.0. The molecule has 3 aromatic rings. The Morgan fingerprint density at radius 3 is 2.48 bits per heavy atom. The molecule has 0 atom stereocenters. The van der Waals surface area contributed by atoms with Crippen LogP contribution in [0.5, 0.6) is 0 Å². The van der Waals surface area contributed by atoms with Crippen LogP contribution in [0.25, 0.3) is 11.4 Å². The smallest absolute Gasteiger partial charge is 0.270 e. The van der Waals surface area contributed by atoms with Crippen LogP contribution in [0.3, 0.4) is 0 Å². The highest BCUT2D eigenvalue weighted by atomic mass is 19.1. The lowest BCUT2D eigenvalue weighted by Crippen LogP contribution is -2.29. The molecule has 2 amide bonds. The van der Waals surface area contributed by atoms with Gasteiger partial charge in [-0.15, -0.1) is 0 Å². The number of nitro benzene ring substituents is 1. The van der Waals surface area contributed by atoms with E-state index in [1.807, 2.05) is 0 Å². The van der Waals surface area contributed by atoms with E-state index in [9.17, 15) is 24.1 Å². The second kappa shape index (κ2) is 6.09. The molecule has 0 N–H and O–H groups in total. The molecule has 0 saturated heterocycles. The van der Waals surface area contributed by atoms with Crippen LogP contribution >= 0.6 is 0 Å². The van der Waals surface area contributed by atoms with Crippen LogP contribution in [0.15, 0.2) is 47.0 Å². The number of imide groups is 1. The number of benzene rings is 2. The molecule has 0 aliphatic carbocycles. The molecule has 2 heterocycles. The van der Waals surface area contributed by atoms with E-state index in [-0.39, 0.29) is 35.1 Å². The van der Waals surface area contributed by atoms with E-state index in [1.54, 1.807) is 0 Å². The second-order valence-electron chi connectivity index (χ2n) is 5.70. The summed E-state index contributed by atoms with van der Waals surface area (Å²) in [6.07, 6.45) is 0. The summed E-state index contributed by atoms with van der Waals surface area (Å²) in [5, 5.41) is 14.6. The van der Waals surface area contributed by atoms with Crippen molar-refractivity contribution in [2.24, 2.45) is 0 Å². The van der Waals surface area contributed by atoms with Crippen molar-refractivity contribution in [1.82, 2.24) is 15.0 Å². The molecule has 0 spiro atoms. The van der Waals surface area contributed by atoms with Crippen LogP contribution in [0, 0.1) is 15.9 Å². The zero-order valence-corrected chi connectivity index (χ0v) is 13.5. The minimum absolute atomic E-state index is 0.00155. The van der Waals surface area contributed by atoms with Gasteiger partial charge in [-0.2, -0.15) is 4.98 Å². The molecule has 0 radical (unpaired) electrons. The molecule has 9 nitrogen and oxygen atoms in total. The van der Waals surface area contributed by atoms with Crippen LogP contribution in [-0.2, 0) is 6.54 Å². The van der Waals surface area contributed by atoms with E-state index < -0.39 is 22.6 Å². The summed E-state index contributed by atoms with van der Waals surface area (Å²) in [5.41, 5.74) is 0.244. The van der Waals surface area contributed by atoms with Crippen molar-refractivity contribution in [3.8, 4) is 11.4 Å². The molecule has 134 valence electrons. The number of amides is 2. The van der Waals surface area contributed by atoms with Crippen molar-refractivity contribution in [2.75, 3.05) is 0 Å². The Bertz CT molecular complexity index is 1090. The Hall–Kier alpha value is -3.95. The summed E-state index contributed by atoms with van der Waals surface area (Å²) in [5.74, 6) is -1.52. The maximum Gasteiger partial charge on any atom is 0.270 e. The van der Waals surface area contributed by atoms with Gasteiger partial charge in [0.15, 0.2) is 0 Å². The van der Waals surface area contributed by atoms with E-state index >= 15 is 0 Å². The topological polar surface area (TPSA) is 119 Å². The van der Waals surface area contributed by atoms with Gasteiger partial charge in [0.1, 0.15) is 12.4 Å². The molecule has 1 aliphatic heterocycles. The Balaban J connectivity index is 1.58. The quantitative estimate of drug-likeness (QED) is 0.394. The third kappa shape index (κ3) is 2.82. The van der Waals surface area contributed by atoms with Crippen molar-refractivity contribution in [3.05, 3.63) is 75.4 Å². The zero-order valence-electron chi connectivity index (χ0n) is 13.5. The number of carbonyl (C=O) groups excluding carboxylic acids is 2. The predicted molar refractivity (Wildman–Crippen MR) is 87.0 cm³/mol. The Kier molecular flexibility index (Phi) is 3.73. The summed E-state index contributed by atoms with van der Waals surface area (Å²) in [6, 6.07) is 8.87. The van der Waals surface area contributed by atoms with Gasteiger partial charge >= 0.3 is 0 Å². The Morgan fingerprint density at radius 2 is 1.78 bits per heavy atom. The Morgan fingerprint density at radius 1 is 1.07 bits per heavy atom. The standard InChI is InChI=1S/C17H9FN4O5/c18-10-3-1-9(2-4-10)15-19-14(27-20-15)8-21-16(23)12-6-5-11(22(25)26)7-13(12)17(21)24/h1-7H,8H2. The number of hydrogen-bond acceptors (Lipinski definition) is 7. The summed E-state index contributed by atoms with van der Waals surface area (Å²) in [6.45, 7) is -0.283. The van der Waals surface area contributed by atoms with Gasteiger partial charge in [-0.1, -0.05) is 5.16 Å². The SMILES string of the molecule is O=C1c2ccc([N+](=O)[O-])cc2C(=O)N1Cc1nc(-c2ccc(F)cc2)no1. The fourth-order valence-corrected chi connectivity index (χ4v) is 2.71. The molecule has 10 heteroatoms. The summed E-state index contributed by atoms with van der Waals surface area (Å²) >= 11 is 0. The third-order valence-corrected chi connectivity index (χ3v) is 4.03. The molecule has 0 bridgehead atoms. The number of hydrogen-bond donors (Lipinski definition) is 0. The van der Waals surface area contributed by atoms with Crippen LogP contribution in [0.1, 0.15) is 26.6 Å². The van der Waals surface area contributed by atoms with Crippen molar-refractivity contribution in [1.29, 1.82) is 0 Å². The highest BCUT2D eigenvalue weighted by molar-refractivity contribution is 6.21. The summed E-state index contributed by atoms with van der Waals surface area (Å²) < 4.78 is 18.0. The first-order valence-electron chi connectivity index (χ1n) is 7.67. The average Bonchev–Trinajstić information content (AvgIpc) is 3.21. The van der Waals surface area contributed by atoms with Gasteiger partial charge in [-0.3, -0.25) is 24.6 Å². The number of nitrogens with zero attached hydrogens (tertiary/aromatic N) is 4. The number of carbonyl (C=O) groups is 2. The summed E-state index contributed by atoms with van der Waals surface area (Å²) in [4.78, 5) is 40.0. The van der Waals surface area contributed by atoms with Gasteiger partial charge in [0.2, 0.25) is 11.7 Å². The number of fused-ring (bicyclic) bond motifs is 1. The van der Waals surface area contributed by atoms with E-state index in [1.165, 1.54) is 30.3 Å². The van der Waals surface area contributed by atoms with Gasteiger partial charge in [0.05, 0.1) is 16.1 Å². The molecular weight excluding hydrogens is 359 g/mol. The van der Waals surface area contributed by atoms with E-state index in [4.69, 9.17) is 4.52 Å². The molecule has 1 aromatic heterocycles. The first kappa shape index (κ1) is 16.5. The van der Waals surface area contributed by atoms with Crippen LogP contribution in [-0.4, -0.2) is 31.8 Å². The lowest BCUT2D eigenvalue weighted by molar-refractivity contribution is -0.384. The van der Waals surface area contributed by atoms with Crippen LogP contribution in [0.2, 0.25) is 0 Å². The fraction of sp³-hybridized carbons (Fsp3) is 0.0588. The average molecular weight is 368 g/mol. The van der Waals surface area contributed by atoms with Crippen molar-refractivity contribution in [3.63, 3.8) is 0 Å². The Labute approximate surface area is 150 Å². The minimum atomic E-state index is -0.680. The summed E-state index contributed by atoms with van der Waals surface area (Å²) in [7, 11) is 0. The van der Waals surface area contributed by atoms with E-state index in [2.05, 4.69) is 10.1 Å². The number of halogens is 1. The van der Waals surface area contributed by atoms with Gasteiger partial charge in [-0.05, 0) is 30.3 Å². The fourth-order valence-electron chi connectivity index (χ4n) is 2.71. The maximum atomic E-state index is 13.0. The van der Waals surface area contributed by atoms with Crippen molar-refractivity contribution >= 4 is 17.5 Å². The van der Waals surface area contributed by atoms with Crippen LogP contribution < -0.4 is 0 Å². The molecule has 0 saturated carbocycles. The molecule has 0 fully saturated rings. The normalized spacial score (nSPS) is 13.1. The first-order chi connectivity index (χ1) is 12.9. The van der Waals surface area contributed by atoms with Crippen LogP contribution in [0.4, 0.5) is 10.1 Å². The molecule has 0 unspecified atom stereocenters. The van der Waals surface area contributed by atoms with Crippen molar-refractivity contribution in [2.45, 2.75) is 6.54 Å². The molecule has 4 rings (SSSR count). The van der Waals surface area contributed by atoms with Gasteiger partial charge in [0, 0.05) is 17.7 Å². The third-order valence-electron chi connectivity index (χ3n) is 4.03. The molecule has 27 heavy (non-hydrogen) atoms. The highest BCUT2D eigenvalue weighted by Gasteiger charge is 2.37. The molecular formula is C17H9FN4O5. The van der Waals surface area contributed by atoms with E-state index in [0.717, 1.165) is 17.0 Å². The number of aromatic nitrogens is 2. The van der Waals surface area contributed by atoms with E-state index in [0.29, 0.717) is 5.56 Å². The number of nitro groups is 1. The highest BCUT2D eigenvalue weighted by Crippen LogP contribution is 2.28. The second-order valence-corrected chi connectivity index (χ2v) is 5.70. The van der Waals surface area contributed by atoms with Gasteiger partial charge in [0.25, 0.3) is 17.5 Å². The lowest BCUT2D eigenvalue weighted by Gasteiger charge is -2.09. The number of rotatable bonds is 4. The minimum Gasteiger partial charge on any atom is -0.337 e. The first-order valence-corrected chi connectivity index (χ1v) is 7.67. The van der Waals surface area contributed by atoms with Gasteiger partial charge in [-0.25, -0.2) is 4.39 Å². The number of non-ortho nitro benzene ring substituents is 1. The molecule has 2 aromatic carbocycles. The largest absolute Gasteiger partial charge is 0.337 e. The monoisotopic (exact) mass is 368 g/mol. The molecule has 1 aliphatic rings. The predicted octanol–water partition coefficient (Wildman–Crippen LogP) is 2.58.